The normalized spacial score (nSPS) is 10.3. The maximum Gasteiger partial charge on any atom is 0.218 e. The van der Waals surface area contributed by atoms with Crippen molar-refractivity contribution in [1.29, 1.82) is 0 Å². The summed E-state index contributed by atoms with van der Waals surface area (Å²) >= 11 is 0. The van der Waals surface area contributed by atoms with Gasteiger partial charge in [0, 0.05) is 5.56 Å². The molecule has 1 rings (SSSR count). The minimum absolute atomic E-state index is 0.253. The fraction of sp³-hybridized carbons (Fsp3) is 0.300. The Balaban J connectivity index is 2.78. The van der Waals surface area contributed by atoms with Crippen LogP contribution in [0.5, 0.6) is 5.75 Å². The number of ether oxygens (including phenoxy) is 1. The summed E-state index contributed by atoms with van der Waals surface area (Å²) in [5, 5.41) is 17.2. The van der Waals surface area contributed by atoms with Gasteiger partial charge in [-0.15, -0.1) is 0 Å². The average Bonchev–Trinajstić information content (AvgIpc) is 2.18. The first kappa shape index (κ1) is 10.7. The van der Waals surface area contributed by atoms with E-state index in [1.54, 1.807) is 12.1 Å². The Labute approximate surface area is 81.8 Å². The molecule has 1 aromatic carbocycles. The highest BCUT2D eigenvalue weighted by Crippen LogP contribution is 2.12. The van der Waals surface area contributed by atoms with Gasteiger partial charge in [-0.25, -0.2) is 0 Å². The molecule has 0 aliphatic rings. The summed E-state index contributed by atoms with van der Waals surface area (Å²) < 4.78 is 5.16. The molecule has 0 aromatic heterocycles. The number of carbonyl (C=O) groups excluding carboxylic acids is 1. The lowest BCUT2D eigenvalue weighted by Crippen LogP contribution is -2.19. The zero-order valence-electron chi connectivity index (χ0n) is 7.80. The van der Waals surface area contributed by atoms with Crippen LogP contribution in [0.3, 0.4) is 0 Å². The standard InChI is InChI=1S/C10H12O4/c1-2-14-8-5-3-7(4-6-8)9(11)10(12)13/h3-6,10,12-13H,2H2,1H3. The maximum atomic E-state index is 11.1. The first-order valence-electron chi connectivity index (χ1n) is 4.28. The smallest absolute Gasteiger partial charge is 0.218 e. The van der Waals surface area contributed by atoms with Crippen LogP contribution in [-0.2, 0) is 0 Å². The Hall–Kier alpha value is -1.39. The van der Waals surface area contributed by atoms with Crippen molar-refractivity contribution in [3.8, 4) is 5.75 Å². The molecule has 0 heterocycles. The molecular weight excluding hydrogens is 184 g/mol. The van der Waals surface area contributed by atoms with Crippen molar-refractivity contribution in [2.75, 3.05) is 6.61 Å². The van der Waals surface area contributed by atoms with Gasteiger partial charge in [0.15, 0.2) is 0 Å². The Morgan fingerprint density at radius 2 is 1.93 bits per heavy atom. The molecule has 0 fully saturated rings. The van der Waals surface area contributed by atoms with Crippen molar-refractivity contribution in [3.05, 3.63) is 29.8 Å². The fourth-order valence-electron chi connectivity index (χ4n) is 1.03. The molecule has 76 valence electrons. The van der Waals surface area contributed by atoms with E-state index in [1.807, 2.05) is 6.92 Å². The van der Waals surface area contributed by atoms with Gasteiger partial charge < -0.3 is 14.9 Å². The lowest BCUT2D eigenvalue weighted by Gasteiger charge is -2.05. The third-order valence-corrected chi connectivity index (χ3v) is 1.68. The monoisotopic (exact) mass is 196 g/mol. The summed E-state index contributed by atoms with van der Waals surface area (Å²) in [4.78, 5) is 11.1. The van der Waals surface area contributed by atoms with Crippen LogP contribution < -0.4 is 4.74 Å². The highest BCUT2D eigenvalue weighted by atomic mass is 16.5. The third kappa shape index (κ3) is 2.55. The van der Waals surface area contributed by atoms with Crippen molar-refractivity contribution >= 4 is 5.78 Å². The number of carbonyl (C=O) groups is 1. The summed E-state index contributed by atoms with van der Waals surface area (Å²) in [6.45, 7) is 2.41. The predicted octanol–water partition coefficient (Wildman–Crippen LogP) is 0.579. The van der Waals surface area contributed by atoms with Crippen molar-refractivity contribution in [2.45, 2.75) is 13.2 Å². The Kier molecular flexibility index (Phi) is 3.62. The second kappa shape index (κ2) is 4.74. The second-order valence-corrected chi connectivity index (χ2v) is 2.70. The molecule has 4 nitrogen and oxygen atoms in total. The molecule has 2 N–H and O–H groups in total. The molecule has 4 heteroatoms. The third-order valence-electron chi connectivity index (χ3n) is 1.68. The maximum absolute atomic E-state index is 11.1. The van der Waals surface area contributed by atoms with Crippen molar-refractivity contribution in [2.24, 2.45) is 0 Å². The highest BCUT2D eigenvalue weighted by Gasteiger charge is 2.13. The minimum Gasteiger partial charge on any atom is -0.494 e. The summed E-state index contributed by atoms with van der Waals surface area (Å²) in [6, 6.07) is 6.21. The van der Waals surface area contributed by atoms with Gasteiger partial charge in [0.2, 0.25) is 12.1 Å². The van der Waals surface area contributed by atoms with Gasteiger partial charge in [-0.3, -0.25) is 4.79 Å². The zero-order valence-corrected chi connectivity index (χ0v) is 7.80. The summed E-state index contributed by atoms with van der Waals surface area (Å²) in [6.07, 6.45) is -1.95. The van der Waals surface area contributed by atoms with Crippen LogP contribution in [-0.4, -0.2) is 28.9 Å². The fourth-order valence-corrected chi connectivity index (χ4v) is 1.03. The molecule has 14 heavy (non-hydrogen) atoms. The Morgan fingerprint density at radius 1 is 1.36 bits per heavy atom. The van der Waals surface area contributed by atoms with E-state index in [2.05, 4.69) is 0 Å². The van der Waals surface area contributed by atoms with Crippen LogP contribution in [0.1, 0.15) is 17.3 Å². The van der Waals surface area contributed by atoms with Gasteiger partial charge in [-0.1, -0.05) is 0 Å². The van der Waals surface area contributed by atoms with Crippen LogP contribution in [0.25, 0.3) is 0 Å². The molecule has 0 amide bonds. The molecule has 0 atom stereocenters. The van der Waals surface area contributed by atoms with Gasteiger partial charge in [0.25, 0.3) is 0 Å². The highest BCUT2D eigenvalue weighted by molar-refractivity contribution is 5.98. The zero-order chi connectivity index (χ0) is 10.6. The van der Waals surface area contributed by atoms with Gasteiger partial charge in [-0.05, 0) is 31.2 Å². The molecule has 1 aromatic rings. The summed E-state index contributed by atoms with van der Waals surface area (Å²) in [5.41, 5.74) is 0.253. The van der Waals surface area contributed by atoms with Crippen LogP contribution in [0, 0.1) is 0 Å². The largest absolute Gasteiger partial charge is 0.494 e. The number of aliphatic hydroxyl groups is 2. The van der Waals surface area contributed by atoms with E-state index in [9.17, 15) is 4.79 Å². The van der Waals surface area contributed by atoms with Gasteiger partial charge in [-0.2, -0.15) is 0 Å². The van der Waals surface area contributed by atoms with Gasteiger partial charge in [0.05, 0.1) is 6.61 Å². The van der Waals surface area contributed by atoms with Crippen LogP contribution in [0.4, 0.5) is 0 Å². The van der Waals surface area contributed by atoms with E-state index in [0.29, 0.717) is 12.4 Å². The number of Topliss-reactive ketones (excluding diaryl/α,β-unsaturated/α-hetero) is 1. The molecule has 0 spiro atoms. The molecule has 0 saturated heterocycles. The number of benzene rings is 1. The first-order chi connectivity index (χ1) is 6.65. The van der Waals surface area contributed by atoms with Crippen molar-refractivity contribution < 1.29 is 19.7 Å². The van der Waals surface area contributed by atoms with Gasteiger partial charge in [0.1, 0.15) is 5.75 Å². The Morgan fingerprint density at radius 3 is 2.36 bits per heavy atom. The number of aliphatic hydroxyl groups excluding tert-OH is 1. The molecule has 0 aliphatic heterocycles. The summed E-state index contributed by atoms with van der Waals surface area (Å²) in [7, 11) is 0. The minimum atomic E-state index is -1.95. The molecular formula is C10H12O4. The van der Waals surface area contributed by atoms with E-state index in [4.69, 9.17) is 14.9 Å². The number of hydrogen-bond donors (Lipinski definition) is 2. The number of ketones is 1. The van der Waals surface area contributed by atoms with E-state index in [-0.39, 0.29) is 5.56 Å². The van der Waals surface area contributed by atoms with Crippen molar-refractivity contribution in [1.82, 2.24) is 0 Å². The van der Waals surface area contributed by atoms with Crippen LogP contribution in [0.15, 0.2) is 24.3 Å². The van der Waals surface area contributed by atoms with Crippen LogP contribution >= 0.6 is 0 Å². The molecule has 0 bridgehead atoms. The van der Waals surface area contributed by atoms with Crippen molar-refractivity contribution in [3.63, 3.8) is 0 Å². The van der Waals surface area contributed by atoms with E-state index >= 15 is 0 Å². The summed E-state index contributed by atoms with van der Waals surface area (Å²) in [5.74, 6) is -0.0653. The van der Waals surface area contributed by atoms with E-state index < -0.39 is 12.1 Å². The predicted molar refractivity (Wildman–Crippen MR) is 50.2 cm³/mol. The lowest BCUT2D eigenvalue weighted by molar-refractivity contribution is -0.0195. The molecule has 0 unspecified atom stereocenters. The lowest BCUT2D eigenvalue weighted by atomic mass is 10.1. The first-order valence-corrected chi connectivity index (χ1v) is 4.28. The molecule has 0 aliphatic carbocycles. The van der Waals surface area contributed by atoms with E-state index in [1.165, 1.54) is 12.1 Å². The SMILES string of the molecule is CCOc1ccc(C(=O)C(O)O)cc1. The molecule has 0 saturated carbocycles. The Bertz CT molecular complexity index is 302. The average molecular weight is 196 g/mol. The second-order valence-electron chi connectivity index (χ2n) is 2.70. The van der Waals surface area contributed by atoms with Gasteiger partial charge >= 0.3 is 0 Å². The number of hydrogen-bond acceptors (Lipinski definition) is 4. The molecule has 0 radical (unpaired) electrons. The van der Waals surface area contributed by atoms with Crippen LogP contribution in [0.2, 0.25) is 0 Å². The topological polar surface area (TPSA) is 66.8 Å². The quantitative estimate of drug-likeness (QED) is 0.546. The number of rotatable bonds is 4. The van der Waals surface area contributed by atoms with E-state index in [0.717, 1.165) is 0 Å².